The molecule has 1 heterocycles. The van der Waals surface area contributed by atoms with Gasteiger partial charge in [-0.25, -0.2) is 13.1 Å². The van der Waals surface area contributed by atoms with Crippen molar-refractivity contribution in [3.63, 3.8) is 0 Å². The molecule has 2 N–H and O–H groups in total. The molecule has 2 rings (SSSR count). The molecule has 0 radical (unpaired) electrons. The molecule has 1 atom stereocenters. The molecule has 0 bridgehead atoms. The average Bonchev–Trinajstić information content (AvgIpc) is 2.98. The molecule has 21 heavy (non-hydrogen) atoms. The van der Waals surface area contributed by atoms with Gasteiger partial charge in [-0.05, 0) is 37.9 Å². The lowest BCUT2D eigenvalue weighted by molar-refractivity contribution is 0.353. The van der Waals surface area contributed by atoms with Crippen molar-refractivity contribution in [2.75, 3.05) is 27.3 Å². The van der Waals surface area contributed by atoms with Gasteiger partial charge < -0.3 is 14.8 Å². The summed E-state index contributed by atoms with van der Waals surface area (Å²) in [6, 6.07) is 3.38. The first-order valence-electron chi connectivity index (χ1n) is 6.93. The first-order chi connectivity index (χ1) is 9.97. The molecule has 1 aliphatic heterocycles. The molecule has 0 aliphatic carbocycles. The Hall–Kier alpha value is -1.31. The van der Waals surface area contributed by atoms with Crippen LogP contribution < -0.4 is 19.5 Å². The second-order valence-electron chi connectivity index (χ2n) is 5.12. The largest absolute Gasteiger partial charge is 0.493 e. The van der Waals surface area contributed by atoms with Crippen molar-refractivity contribution in [3.05, 3.63) is 17.7 Å². The molecular weight excluding hydrogens is 292 g/mol. The SMILES string of the molecule is COc1cc(C)c(S(=O)(=O)NCC2CCCN2)cc1OC. The monoisotopic (exact) mass is 314 g/mol. The summed E-state index contributed by atoms with van der Waals surface area (Å²) in [5, 5.41) is 3.26. The number of ether oxygens (including phenoxy) is 2. The molecule has 1 saturated heterocycles. The Morgan fingerprint density at radius 2 is 1.95 bits per heavy atom. The highest BCUT2D eigenvalue weighted by Crippen LogP contribution is 2.32. The first-order valence-corrected chi connectivity index (χ1v) is 8.42. The fourth-order valence-corrected chi connectivity index (χ4v) is 3.79. The fourth-order valence-electron chi connectivity index (χ4n) is 2.47. The van der Waals surface area contributed by atoms with Crippen molar-refractivity contribution >= 4 is 10.0 Å². The highest BCUT2D eigenvalue weighted by Gasteiger charge is 2.22. The number of benzene rings is 1. The normalized spacial score (nSPS) is 18.7. The molecule has 1 aliphatic rings. The van der Waals surface area contributed by atoms with Crippen LogP contribution in [0.4, 0.5) is 0 Å². The molecular formula is C14H22N2O4S. The van der Waals surface area contributed by atoms with Crippen LogP contribution in [-0.4, -0.2) is 41.8 Å². The Balaban J connectivity index is 2.22. The maximum absolute atomic E-state index is 12.4. The lowest BCUT2D eigenvalue weighted by Crippen LogP contribution is -2.37. The fraction of sp³-hybridized carbons (Fsp3) is 0.571. The predicted octanol–water partition coefficient (Wildman–Crippen LogP) is 1.04. The van der Waals surface area contributed by atoms with E-state index >= 15 is 0 Å². The van der Waals surface area contributed by atoms with Gasteiger partial charge in [0.1, 0.15) is 0 Å². The van der Waals surface area contributed by atoms with Crippen LogP contribution in [-0.2, 0) is 10.0 Å². The minimum Gasteiger partial charge on any atom is -0.493 e. The van der Waals surface area contributed by atoms with Gasteiger partial charge in [0.15, 0.2) is 11.5 Å². The van der Waals surface area contributed by atoms with Crippen LogP contribution in [0.5, 0.6) is 11.5 Å². The topological polar surface area (TPSA) is 76.7 Å². The first kappa shape index (κ1) is 16.1. The van der Waals surface area contributed by atoms with Crippen molar-refractivity contribution < 1.29 is 17.9 Å². The van der Waals surface area contributed by atoms with Gasteiger partial charge in [0.2, 0.25) is 10.0 Å². The second kappa shape index (κ2) is 6.64. The molecule has 1 aromatic carbocycles. The van der Waals surface area contributed by atoms with Gasteiger partial charge in [0, 0.05) is 18.7 Å². The zero-order valence-electron chi connectivity index (χ0n) is 12.6. The van der Waals surface area contributed by atoms with Gasteiger partial charge in [0.25, 0.3) is 0 Å². The third-order valence-electron chi connectivity index (χ3n) is 3.65. The molecule has 0 aromatic heterocycles. The van der Waals surface area contributed by atoms with Crippen LogP contribution in [0.15, 0.2) is 17.0 Å². The Kier molecular flexibility index (Phi) is 5.08. The van der Waals surface area contributed by atoms with Gasteiger partial charge in [-0.3, -0.25) is 0 Å². The van der Waals surface area contributed by atoms with Gasteiger partial charge in [-0.15, -0.1) is 0 Å². The highest BCUT2D eigenvalue weighted by atomic mass is 32.2. The molecule has 0 saturated carbocycles. The zero-order valence-corrected chi connectivity index (χ0v) is 13.4. The molecule has 0 amide bonds. The van der Waals surface area contributed by atoms with Crippen LogP contribution >= 0.6 is 0 Å². The number of sulfonamides is 1. The van der Waals surface area contributed by atoms with E-state index in [-0.39, 0.29) is 10.9 Å². The molecule has 1 fully saturated rings. The van der Waals surface area contributed by atoms with Crippen LogP contribution in [0.3, 0.4) is 0 Å². The second-order valence-corrected chi connectivity index (χ2v) is 6.85. The Labute approximate surface area is 125 Å². The minimum atomic E-state index is -3.56. The Bertz CT molecular complexity index is 595. The standard InChI is InChI=1S/C14H22N2O4S/c1-10-7-12(19-2)13(20-3)8-14(10)21(17,18)16-9-11-5-4-6-15-11/h7-8,11,15-16H,4-6,9H2,1-3H3. The van der Waals surface area contributed by atoms with Crippen molar-refractivity contribution in [2.45, 2.75) is 30.7 Å². The summed E-state index contributed by atoms with van der Waals surface area (Å²) in [4.78, 5) is 0.221. The van der Waals surface area contributed by atoms with E-state index in [1.54, 1.807) is 13.0 Å². The van der Waals surface area contributed by atoms with Gasteiger partial charge in [-0.2, -0.15) is 0 Å². The maximum atomic E-state index is 12.4. The van der Waals surface area contributed by atoms with E-state index in [0.717, 1.165) is 19.4 Å². The van der Waals surface area contributed by atoms with E-state index in [1.165, 1.54) is 20.3 Å². The van der Waals surface area contributed by atoms with E-state index < -0.39 is 10.0 Å². The summed E-state index contributed by atoms with van der Waals surface area (Å²) in [5.74, 6) is 0.925. The summed E-state index contributed by atoms with van der Waals surface area (Å²) >= 11 is 0. The number of hydrogen-bond donors (Lipinski definition) is 2. The molecule has 1 aromatic rings. The summed E-state index contributed by atoms with van der Waals surface area (Å²) in [6.45, 7) is 3.09. The Morgan fingerprint density at radius 3 is 2.52 bits per heavy atom. The van der Waals surface area contributed by atoms with Crippen LogP contribution in [0.2, 0.25) is 0 Å². The number of aryl methyl sites for hydroxylation is 1. The van der Waals surface area contributed by atoms with E-state index in [1.807, 2.05) is 0 Å². The van der Waals surface area contributed by atoms with Crippen molar-refractivity contribution in [3.8, 4) is 11.5 Å². The summed E-state index contributed by atoms with van der Waals surface area (Å²) in [6.07, 6.45) is 2.08. The Morgan fingerprint density at radius 1 is 1.29 bits per heavy atom. The number of hydrogen-bond acceptors (Lipinski definition) is 5. The van der Waals surface area contributed by atoms with E-state index in [2.05, 4.69) is 10.0 Å². The zero-order chi connectivity index (χ0) is 15.5. The van der Waals surface area contributed by atoms with Crippen molar-refractivity contribution in [1.82, 2.24) is 10.0 Å². The van der Waals surface area contributed by atoms with E-state index in [4.69, 9.17) is 9.47 Å². The summed E-state index contributed by atoms with van der Waals surface area (Å²) in [5.41, 5.74) is 0.625. The third kappa shape index (κ3) is 3.66. The third-order valence-corrected chi connectivity index (χ3v) is 5.22. The van der Waals surface area contributed by atoms with Gasteiger partial charge in [0.05, 0.1) is 19.1 Å². The van der Waals surface area contributed by atoms with Crippen molar-refractivity contribution in [2.24, 2.45) is 0 Å². The molecule has 7 heteroatoms. The molecule has 1 unspecified atom stereocenters. The van der Waals surface area contributed by atoms with Gasteiger partial charge in [-0.1, -0.05) is 0 Å². The van der Waals surface area contributed by atoms with E-state index in [0.29, 0.717) is 23.6 Å². The predicted molar refractivity (Wildman–Crippen MR) is 80.5 cm³/mol. The van der Waals surface area contributed by atoms with E-state index in [9.17, 15) is 8.42 Å². The number of rotatable bonds is 6. The molecule has 6 nitrogen and oxygen atoms in total. The lowest BCUT2D eigenvalue weighted by atomic mass is 10.2. The van der Waals surface area contributed by atoms with Crippen LogP contribution in [0.1, 0.15) is 18.4 Å². The van der Waals surface area contributed by atoms with Crippen LogP contribution in [0.25, 0.3) is 0 Å². The molecule has 118 valence electrons. The minimum absolute atomic E-state index is 0.209. The summed E-state index contributed by atoms with van der Waals surface area (Å²) < 4.78 is 37.9. The lowest BCUT2D eigenvalue weighted by Gasteiger charge is -2.15. The average molecular weight is 314 g/mol. The maximum Gasteiger partial charge on any atom is 0.241 e. The smallest absolute Gasteiger partial charge is 0.241 e. The molecule has 0 spiro atoms. The number of nitrogens with one attached hydrogen (secondary N) is 2. The van der Waals surface area contributed by atoms with Crippen molar-refractivity contribution in [1.29, 1.82) is 0 Å². The quantitative estimate of drug-likeness (QED) is 0.820. The van der Waals surface area contributed by atoms with Crippen LogP contribution in [0, 0.1) is 6.92 Å². The number of methoxy groups -OCH3 is 2. The summed E-state index contributed by atoms with van der Waals surface area (Å²) in [7, 11) is -0.553. The highest BCUT2D eigenvalue weighted by molar-refractivity contribution is 7.89. The van der Waals surface area contributed by atoms with Gasteiger partial charge >= 0.3 is 0 Å².